The van der Waals surface area contributed by atoms with Crippen LogP contribution in [0.25, 0.3) is 22.3 Å². The summed E-state index contributed by atoms with van der Waals surface area (Å²) in [5, 5.41) is 7.10. The predicted molar refractivity (Wildman–Crippen MR) is 108 cm³/mol. The molecule has 8 nitrogen and oxygen atoms in total. The first kappa shape index (κ1) is 19.6. The molecule has 1 aliphatic heterocycles. The largest absolute Gasteiger partial charge is 0.479 e. The second-order valence-corrected chi connectivity index (χ2v) is 7.69. The summed E-state index contributed by atoms with van der Waals surface area (Å²) in [6, 6.07) is 2.04. The molecule has 5 rings (SSSR count). The Morgan fingerprint density at radius 3 is 2.90 bits per heavy atom. The number of nitrogens with one attached hydrogen (secondary N) is 1. The van der Waals surface area contributed by atoms with Crippen LogP contribution in [0.5, 0.6) is 5.88 Å². The number of nitrogens with zero attached hydrogens (tertiary/aromatic N) is 6. The van der Waals surface area contributed by atoms with Crippen LogP contribution in [0.4, 0.5) is 19.1 Å². The number of likely N-dealkylation sites (tertiary alicyclic amines) is 1. The number of imidazole rings is 1. The fourth-order valence-electron chi connectivity index (χ4n) is 4.01. The zero-order chi connectivity index (χ0) is 21.8. The summed E-state index contributed by atoms with van der Waals surface area (Å²) in [6.07, 6.45) is 6.82. The quantitative estimate of drug-likeness (QED) is 0.536. The highest BCUT2D eigenvalue weighted by molar-refractivity contribution is 5.84. The number of halogens is 3. The van der Waals surface area contributed by atoms with Crippen molar-refractivity contribution in [3.63, 3.8) is 0 Å². The Balaban J connectivity index is 1.55. The fourth-order valence-corrected chi connectivity index (χ4v) is 4.01. The Bertz CT molecular complexity index is 1270. The molecular formula is C20H20F3N7O. The molecule has 0 amide bonds. The SMILES string of the molecule is COc1nc(NC2CCN(C)CC2(F)F)nn2ccc(-c3cc(F)c4nccn4c3)c12. The van der Waals surface area contributed by atoms with E-state index in [1.165, 1.54) is 23.9 Å². The van der Waals surface area contributed by atoms with Crippen molar-refractivity contribution in [2.75, 3.05) is 32.6 Å². The van der Waals surface area contributed by atoms with Gasteiger partial charge in [-0.3, -0.25) is 0 Å². The lowest BCUT2D eigenvalue weighted by Gasteiger charge is -2.36. The molecule has 1 aliphatic rings. The molecule has 1 atom stereocenters. The number of rotatable bonds is 4. The third-order valence-electron chi connectivity index (χ3n) is 5.52. The lowest BCUT2D eigenvalue weighted by Crippen LogP contribution is -2.53. The molecule has 0 radical (unpaired) electrons. The molecule has 11 heteroatoms. The van der Waals surface area contributed by atoms with Gasteiger partial charge in [0, 0.05) is 42.5 Å². The van der Waals surface area contributed by atoms with Crippen molar-refractivity contribution in [3.8, 4) is 17.0 Å². The van der Waals surface area contributed by atoms with Gasteiger partial charge in [-0.15, -0.1) is 5.10 Å². The third-order valence-corrected chi connectivity index (χ3v) is 5.52. The van der Waals surface area contributed by atoms with Crippen LogP contribution in [0.2, 0.25) is 0 Å². The number of ether oxygens (including phenoxy) is 1. The standard InChI is InChI=1S/C20H20F3N7O/c1-28-6-4-15(20(22,23)11-28)25-19-26-18(31-2)16-13(3-7-30(16)27-19)12-9-14(21)17-24-5-8-29(17)10-12/h3,5,7-10,15H,4,6,11H2,1-2H3,(H,25,27). The first-order valence-corrected chi connectivity index (χ1v) is 9.74. The van der Waals surface area contributed by atoms with E-state index < -0.39 is 17.8 Å². The van der Waals surface area contributed by atoms with E-state index in [0.29, 0.717) is 23.2 Å². The van der Waals surface area contributed by atoms with Gasteiger partial charge in [-0.25, -0.2) is 22.7 Å². The highest BCUT2D eigenvalue weighted by Gasteiger charge is 2.44. The predicted octanol–water partition coefficient (Wildman–Crippen LogP) is 2.94. The molecule has 4 aromatic heterocycles. The Kier molecular flexibility index (Phi) is 4.50. The molecule has 1 N–H and O–H groups in total. The summed E-state index contributed by atoms with van der Waals surface area (Å²) < 4.78 is 51.8. The molecule has 1 fully saturated rings. The summed E-state index contributed by atoms with van der Waals surface area (Å²) in [7, 11) is 3.10. The van der Waals surface area contributed by atoms with Crippen molar-refractivity contribution >= 4 is 17.1 Å². The van der Waals surface area contributed by atoms with Gasteiger partial charge < -0.3 is 19.4 Å². The average Bonchev–Trinajstić information content (AvgIpc) is 3.36. The number of hydrogen-bond donors (Lipinski definition) is 1. The van der Waals surface area contributed by atoms with Crippen molar-refractivity contribution in [3.05, 3.63) is 42.7 Å². The first-order chi connectivity index (χ1) is 14.9. The highest BCUT2D eigenvalue weighted by atomic mass is 19.3. The van der Waals surface area contributed by atoms with E-state index in [4.69, 9.17) is 4.74 Å². The van der Waals surface area contributed by atoms with Crippen molar-refractivity contribution in [2.24, 2.45) is 0 Å². The number of alkyl halides is 2. The topological polar surface area (TPSA) is 72.0 Å². The third kappa shape index (κ3) is 3.34. The summed E-state index contributed by atoms with van der Waals surface area (Å²) in [5.41, 5.74) is 1.94. The van der Waals surface area contributed by atoms with E-state index >= 15 is 0 Å². The van der Waals surface area contributed by atoms with Crippen LogP contribution in [-0.2, 0) is 0 Å². The van der Waals surface area contributed by atoms with Crippen molar-refractivity contribution < 1.29 is 17.9 Å². The van der Waals surface area contributed by atoms with E-state index in [0.717, 1.165) is 0 Å². The minimum absolute atomic E-state index is 0.0389. The molecular weight excluding hydrogens is 411 g/mol. The van der Waals surface area contributed by atoms with Gasteiger partial charge >= 0.3 is 0 Å². The van der Waals surface area contributed by atoms with Crippen LogP contribution >= 0.6 is 0 Å². The van der Waals surface area contributed by atoms with Crippen LogP contribution < -0.4 is 10.1 Å². The second-order valence-electron chi connectivity index (χ2n) is 7.69. The zero-order valence-corrected chi connectivity index (χ0v) is 16.9. The summed E-state index contributed by atoms with van der Waals surface area (Å²) in [6.45, 7) is 0.211. The number of piperidine rings is 1. The second kappa shape index (κ2) is 7.12. The number of methoxy groups -OCH3 is 1. The zero-order valence-electron chi connectivity index (χ0n) is 16.9. The lowest BCUT2D eigenvalue weighted by molar-refractivity contribution is -0.0675. The van der Waals surface area contributed by atoms with Gasteiger partial charge in [0.05, 0.1) is 19.7 Å². The van der Waals surface area contributed by atoms with Crippen LogP contribution in [0.3, 0.4) is 0 Å². The molecule has 31 heavy (non-hydrogen) atoms. The van der Waals surface area contributed by atoms with Gasteiger partial charge in [0.25, 0.3) is 5.92 Å². The van der Waals surface area contributed by atoms with Gasteiger partial charge in [-0.2, -0.15) is 4.98 Å². The van der Waals surface area contributed by atoms with Crippen LogP contribution in [0.15, 0.2) is 36.9 Å². The van der Waals surface area contributed by atoms with E-state index in [9.17, 15) is 13.2 Å². The van der Waals surface area contributed by atoms with Gasteiger partial charge in [0.15, 0.2) is 11.5 Å². The lowest BCUT2D eigenvalue weighted by atomic mass is 10.0. The number of fused-ring (bicyclic) bond motifs is 2. The smallest absolute Gasteiger partial charge is 0.280 e. The molecule has 0 saturated carbocycles. The Labute approximate surface area is 175 Å². The minimum atomic E-state index is -2.92. The van der Waals surface area contributed by atoms with Gasteiger partial charge in [-0.1, -0.05) is 0 Å². The molecule has 0 aliphatic carbocycles. The number of aromatic nitrogens is 5. The van der Waals surface area contributed by atoms with Crippen LogP contribution in [0, 0.1) is 5.82 Å². The Hall–Kier alpha value is -3.34. The summed E-state index contributed by atoms with van der Waals surface area (Å²) >= 11 is 0. The molecule has 1 unspecified atom stereocenters. The number of pyridine rings is 1. The maximum Gasteiger partial charge on any atom is 0.280 e. The molecule has 162 valence electrons. The number of hydrogen-bond acceptors (Lipinski definition) is 6. The number of anilines is 1. The molecule has 4 aromatic rings. The molecule has 0 aromatic carbocycles. The molecule has 0 bridgehead atoms. The minimum Gasteiger partial charge on any atom is -0.479 e. The van der Waals surface area contributed by atoms with Crippen LogP contribution in [0.1, 0.15) is 6.42 Å². The Morgan fingerprint density at radius 2 is 2.13 bits per heavy atom. The monoisotopic (exact) mass is 431 g/mol. The maximum absolute atomic E-state index is 14.4. The summed E-state index contributed by atoms with van der Waals surface area (Å²) in [5.74, 6) is -3.15. The van der Waals surface area contributed by atoms with E-state index in [2.05, 4.69) is 20.4 Å². The van der Waals surface area contributed by atoms with E-state index in [-0.39, 0.29) is 30.4 Å². The van der Waals surface area contributed by atoms with Gasteiger partial charge in [0.2, 0.25) is 11.8 Å². The molecule has 1 saturated heterocycles. The Morgan fingerprint density at radius 1 is 1.29 bits per heavy atom. The highest BCUT2D eigenvalue weighted by Crippen LogP contribution is 2.33. The van der Waals surface area contributed by atoms with E-state index in [1.54, 1.807) is 41.0 Å². The van der Waals surface area contributed by atoms with Gasteiger partial charge in [0.1, 0.15) is 5.52 Å². The van der Waals surface area contributed by atoms with E-state index in [1.807, 2.05) is 0 Å². The summed E-state index contributed by atoms with van der Waals surface area (Å²) in [4.78, 5) is 9.88. The van der Waals surface area contributed by atoms with Crippen LogP contribution in [-0.4, -0.2) is 68.1 Å². The molecule has 5 heterocycles. The van der Waals surface area contributed by atoms with Crippen molar-refractivity contribution in [1.29, 1.82) is 0 Å². The first-order valence-electron chi connectivity index (χ1n) is 9.74. The fraction of sp³-hybridized carbons (Fsp3) is 0.350. The molecule has 0 spiro atoms. The van der Waals surface area contributed by atoms with Crippen molar-refractivity contribution in [2.45, 2.75) is 18.4 Å². The normalized spacial score (nSPS) is 19.2. The van der Waals surface area contributed by atoms with Gasteiger partial charge in [-0.05, 0) is 25.6 Å². The van der Waals surface area contributed by atoms with Crippen molar-refractivity contribution in [1.82, 2.24) is 28.9 Å². The maximum atomic E-state index is 14.4. The average molecular weight is 431 g/mol.